The number of carbonyl (C=O) groups is 1. The van der Waals surface area contributed by atoms with Gasteiger partial charge < -0.3 is 14.2 Å². The Morgan fingerprint density at radius 3 is 2.81 bits per heavy atom. The second kappa shape index (κ2) is 6.40. The number of ether oxygens (including phenoxy) is 1. The highest BCUT2D eigenvalue weighted by molar-refractivity contribution is 7.89. The molecule has 2 aliphatic heterocycles. The molecule has 2 aliphatic rings. The predicted molar refractivity (Wildman–Crippen MR) is 91.3 cm³/mol. The molecular formula is C17H19N3O5S. The first-order valence-corrected chi connectivity index (χ1v) is 9.93. The monoisotopic (exact) mass is 377 g/mol. The number of likely N-dealkylation sites (tertiary alicyclic amines) is 1. The highest BCUT2D eigenvalue weighted by atomic mass is 32.2. The Bertz CT molecular complexity index is 939. The van der Waals surface area contributed by atoms with E-state index in [0.29, 0.717) is 37.4 Å². The lowest BCUT2D eigenvalue weighted by molar-refractivity contribution is 0.0745. The second-order valence-corrected chi connectivity index (χ2v) is 8.21. The summed E-state index contributed by atoms with van der Waals surface area (Å²) in [7, 11) is -3.66. The summed E-state index contributed by atoms with van der Waals surface area (Å²) < 4.78 is 38.9. The lowest BCUT2D eigenvalue weighted by Crippen LogP contribution is -2.43. The zero-order valence-corrected chi connectivity index (χ0v) is 15.0. The zero-order valence-electron chi connectivity index (χ0n) is 14.2. The Labute approximate surface area is 151 Å². The average molecular weight is 377 g/mol. The van der Waals surface area contributed by atoms with Gasteiger partial charge in [0.2, 0.25) is 10.0 Å². The Kier molecular flexibility index (Phi) is 4.20. The van der Waals surface area contributed by atoms with E-state index >= 15 is 0 Å². The van der Waals surface area contributed by atoms with Crippen LogP contribution in [0.2, 0.25) is 0 Å². The van der Waals surface area contributed by atoms with Gasteiger partial charge in [-0.25, -0.2) is 13.1 Å². The summed E-state index contributed by atoms with van der Waals surface area (Å²) in [6.07, 6.45) is 0.634. The van der Waals surface area contributed by atoms with Gasteiger partial charge in [-0.2, -0.15) is 0 Å². The summed E-state index contributed by atoms with van der Waals surface area (Å²) in [5.74, 6) is 0.696. The number of nitrogens with zero attached hydrogens (tertiary/aromatic N) is 2. The number of para-hydroxylation sites is 1. The van der Waals surface area contributed by atoms with Crippen molar-refractivity contribution in [2.75, 3.05) is 13.1 Å². The van der Waals surface area contributed by atoms with Gasteiger partial charge >= 0.3 is 0 Å². The van der Waals surface area contributed by atoms with Gasteiger partial charge in [0.1, 0.15) is 22.5 Å². The quantitative estimate of drug-likeness (QED) is 0.804. The van der Waals surface area contributed by atoms with Gasteiger partial charge in [-0.05, 0) is 25.5 Å². The Balaban J connectivity index is 1.57. The molecule has 1 N–H and O–H groups in total. The van der Waals surface area contributed by atoms with E-state index in [9.17, 15) is 13.2 Å². The topological polar surface area (TPSA) is 102 Å². The predicted octanol–water partition coefficient (Wildman–Crippen LogP) is 1.33. The third kappa shape index (κ3) is 3.08. The van der Waals surface area contributed by atoms with Crippen LogP contribution in [0.3, 0.4) is 0 Å². The summed E-state index contributed by atoms with van der Waals surface area (Å²) in [5.41, 5.74) is 0.261. The summed E-state index contributed by atoms with van der Waals surface area (Å²) in [5, 5.41) is 3.77. The van der Waals surface area contributed by atoms with E-state index in [1.165, 1.54) is 6.07 Å². The van der Waals surface area contributed by atoms with Crippen molar-refractivity contribution in [2.24, 2.45) is 0 Å². The lowest BCUT2D eigenvalue weighted by atomic mass is 10.1. The van der Waals surface area contributed by atoms with Gasteiger partial charge in [0.15, 0.2) is 5.69 Å². The van der Waals surface area contributed by atoms with Crippen LogP contribution in [-0.2, 0) is 10.0 Å². The molecule has 0 saturated carbocycles. The fourth-order valence-corrected chi connectivity index (χ4v) is 4.81. The van der Waals surface area contributed by atoms with Crippen molar-refractivity contribution in [1.82, 2.24) is 14.8 Å². The van der Waals surface area contributed by atoms with Gasteiger partial charge in [-0.3, -0.25) is 4.79 Å². The van der Waals surface area contributed by atoms with Crippen LogP contribution in [0.25, 0.3) is 0 Å². The van der Waals surface area contributed by atoms with E-state index in [-0.39, 0.29) is 22.6 Å². The minimum Gasteiger partial charge on any atom is -0.487 e. The molecule has 1 aromatic heterocycles. The fourth-order valence-electron chi connectivity index (χ4n) is 3.38. The summed E-state index contributed by atoms with van der Waals surface area (Å²) in [4.78, 5) is 14.4. The Hall–Kier alpha value is -2.39. The maximum absolute atomic E-state index is 12.6. The van der Waals surface area contributed by atoms with E-state index < -0.39 is 16.1 Å². The zero-order chi connectivity index (χ0) is 18.3. The number of nitrogens with one attached hydrogen (secondary N) is 1. The standard InChI is InChI=1S/C17H19N3O5S/c1-11-10-13(18-25-11)17(21)20-8-6-12-14(7-9-20)24-15-4-2-3-5-16(15)26(22,23)19-12/h2-5,10,12,14,19H,6-9H2,1H3/t12-,14-/m0/s1. The summed E-state index contributed by atoms with van der Waals surface area (Å²) in [6.45, 7) is 2.59. The van der Waals surface area contributed by atoms with Gasteiger partial charge in [0, 0.05) is 25.6 Å². The molecule has 0 unspecified atom stereocenters. The third-order valence-corrected chi connectivity index (χ3v) is 6.23. The van der Waals surface area contributed by atoms with Gasteiger partial charge in [-0.15, -0.1) is 0 Å². The maximum atomic E-state index is 12.6. The molecule has 0 radical (unpaired) electrons. The number of aromatic nitrogens is 1. The first kappa shape index (κ1) is 17.0. The highest BCUT2D eigenvalue weighted by Crippen LogP contribution is 2.31. The molecule has 0 spiro atoms. The van der Waals surface area contributed by atoms with Crippen LogP contribution >= 0.6 is 0 Å². The molecule has 138 valence electrons. The van der Waals surface area contributed by atoms with Crippen LogP contribution in [0, 0.1) is 6.92 Å². The van der Waals surface area contributed by atoms with Crippen LogP contribution in [0.1, 0.15) is 29.1 Å². The van der Waals surface area contributed by atoms with E-state index in [1.54, 1.807) is 36.1 Å². The molecule has 1 amide bonds. The summed E-state index contributed by atoms with van der Waals surface area (Å²) in [6, 6.07) is 7.80. The second-order valence-electron chi connectivity index (χ2n) is 6.52. The minimum absolute atomic E-state index is 0.152. The average Bonchev–Trinajstić information content (AvgIpc) is 2.90. The van der Waals surface area contributed by atoms with Gasteiger partial charge in [0.05, 0.1) is 6.04 Å². The molecule has 3 heterocycles. The van der Waals surface area contributed by atoms with Crippen molar-refractivity contribution in [3.63, 3.8) is 0 Å². The van der Waals surface area contributed by atoms with E-state index in [1.807, 2.05) is 0 Å². The van der Waals surface area contributed by atoms with Crippen LogP contribution in [0.5, 0.6) is 5.75 Å². The van der Waals surface area contributed by atoms with Crippen molar-refractivity contribution >= 4 is 15.9 Å². The molecule has 8 nitrogen and oxygen atoms in total. The van der Waals surface area contributed by atoms with Crippen molar-refractivity contribution in [3.05, 3.63) is 41.8 Å². The molecule has 4 rings (SSSR count). The number of benzene rings is 1. The van der Waals surface area contributed by atoms with Crippen molar-refractivity contribution in [2.45, 2.75) is 36.8 Å². The number of amides is 1. The van der Waals surface area contributed by atoms with E-state index in [2.05, 4.69) is 9.88 Å². The molecule has 2 aromatic rings. The summed E-state index contributed by atoms with van der Waals surface area (Å²) >= 11 is 0. The number of hydrogen-bond donors (Lipinski definition) is 1. The van der Waals surface area contributed by atoms with Crippen molar-refractivity contribution in [3.8, 4) is 5.75 Å². The first-order chi connectivity index (χ1) is 12.4. The number of carbonyl (C=O) groups excluding carboxylic acids is 1. The molecule has 9 heteroatoms. The normalized spacial score (nSPS) is 24.6. The van der Waals surface area contributed by atoms with Crippen molar-refractivity contribution in [1.29, 1.82) is 0 Å². The van der Waals surface area contributed by atoms with Gasteiger partial charge in [0.25, 0.3) is 5.91 Å². The number of hydrogen-bond acceptors (Lipinski definition) is 6. The number of aryl methyl sites for hydroxylation is 1. The molecule has 1 fully saturated rings. The minimum atomic E-state index is -3.66. The number of sulfonamides is 1. The Morgan fingerprint density at radius 1 is 1.27 bits per heavy atom. The van der Waals surface area contributed by atoms with Gasteiger partial charge in [-0.1, -0.05) is 17.3 Å². The molecule has 0 bridgehead atoms. The van der Waals surface area contributed by atoms with E-state index in [0.717, 1.165) is 0 Å². The molecule has 2 atom stereocenters. The van der Waals surface area contributed by atoms with Crippen LogP contribution in [0.15, 0.2) is 39.8 Å². The van der Waals surface area contributed by atoms with Crippen LogP contribution < -0.4 is 9.46 Å². The first-order valence-electron chi connectivity index (χ1n) is 8.45. The van der Waals surface area contributed by atoms with Crippen LogP contribution in [0.4, 0.5) is 0 Å². The largest absolute Gasteiger partial charge is 0.487 e. The third-order valence-electron chi connectivity index (χ3n) is 4.70. The van der Waals surface area contributed by atoms with E-state index in [4.69, 9.17) is 9.26 Å². The number of rotatable bonds is 1. The smallest absolute Gasteiger partial charge is 0.276 e. The molecular weight excluding hydrogens is 358 g/mol. The number of fused-ring (bicyclic) bond motifs is 2. The SMILES string of the molecule is Cc1cc(C(=O)N2CC[C@@H]3NS(=O)(=O)c4ccccc4O[C@H]3CC2)no1. The Morgan fingerprint density at radius 2 is 2.04 bits per heavy atom. The maximum Gasteiger partial charge on any atom is 0.276 e. The lowest BCUT2D eigenvalue weighted by Gasteiger charge is -2.22. The fraction of sp³-hybridized carbons (Fsp3) is 0.412. The molecule has 1 aromatic carbocycles. The van der Waals surface area contributed by atoms with Crippen molar-refractivity contribution < 1.29 is 22.5 Å². The van der Waals surface area contributed by atoms with Crippen LogP contribution in [-0.4, -0.2) is 49.6 Å². The highest BCUT2D eigenvalue weighted by Gasteiger charge is 2.37. The molecule has 0 aliphatic carbocycles. The molecule has 1 saturated heterocycles. The molecule has 26 heavy (non-hydrogen) atoms.